The third-order valence-corrected chi connectivity index (χ3v) is 3.39. The molecule has 0 amide bonds. The Morgan fingerprint density at radius 3 is 2.50 bits per heavy atom. The van der Waals surface area contributed by atoms with E-state index in [2.05, 4.69) is 14.7 Å². The fourth-order valence-electron chi connectivity index (χ4n) is 1.67. The summed E-state index contributed by atoms with van der Waals surface area (Å²) in [5, 5.41) is 9.10. The van der Waals surface area contributed by atoms with Crippen LogP contribution in [0, 0.1) is 14.9 Å². The van der Waals surface area contributed by atoms with Crippen LogP contribution in [0.15, 0.2) is 18.2 Å². The largest absolute Gasteiger partial charge is 0.573 e. The fraction of sp³-hybridized carbons (Fsp3) is 0.0833. The predicted molar refractivity (Wildman–Crippen MR) is 80.4 cm³/mol. The van der Waals surface area contributed by atoms with Crippen molar-refractivity contribution in [1.82, 2.24) is 9.97 Å². The third kappa shape index (κ3) is 3.48. The van der Waals surface area contributed by atoms with Crippen molar-refractivity contribution in [2.45, 2.75) is 6.36 Å². The monoisotopic (exact) mass is 421 g/mol. The molecule has 0 fully saturated rings. The lowest BCUT2D eigenvalue weighted by Gasteiger charge is -2.12. The quantitative estimate of drug-likeness (QED) is 0.722. The lowest BCUT2D eigenvalue weighted by Crippen LogP contribution is -2.17. The molecule has 0 bridgehead atoms. The zero-order valence-corrected chi connectivity index (χ0v) is 12.8. The summed E-state index contributed by atoms with van der Waals surface area (Å²) < 4.78 is 41.3. The number of rotatable bonds is 2. The summed E-state index contributed by atoms with van der Waals surface area (Å²) >= 11 is 1.70. The Balaban J connectivity index is 2.60. The number of aromatic nitrogens is 2. The highest BCUT2D eigenvalue weighted by molar-refractivity contribution is 14.1. The first kappa shape index (κ1) is 16.1. The number of hydrogen-bond donors (Lipinski definition) is 2. The minimum absolute atomic E-state index is 0.0379. The molecule has 22 heavy (non-hydrogen) atoms. The molecule has 4 N–H and O–H groups in total. The molecule has 114 valence electrons. The highest BCUT2D eigenvalue weighted by Gasteiger charge is 2.32. The van der Waals surface area contributed by atoms with E-state index in [1.54, 1.807) is 28.7 Å². The van der Waals surface area contributed by atoms with E-state index >= 15 is 0 Å². The van der Waals surface area contributed by atoms with Crippen LogP contribution in [0.2, 0.25) is 0 Å². The van der Waals surface area contributed by atoms with E-state index in [0.717, 1.165) is 6.07 Å². The van der Waals surface area contributed by atoms with Crippen molar-refractivity contribution in [3.8, 4) is 23.1 Å². The van der Waals surface area contributed by atoms with Crippen LogP contribution < -0.4 is 16.2 Å². The number of ether oxygens (including phenoxy) is 1. The molecule has 0 atom stereocenters. The standard InChI is InChI=1S/C12H7F3IN5O/c13-12(14,15)22-8-3-5(1-2-7(8)16)9-6(4-17)10(18)21-11(19)20-9/h1-3H,(H4,18,19,20,21). The molecule has 0 spiro atoms. The normalized spacial score (nSPS) is 11.0. The van der Waals surface area contributed by atoms with Crippen LogP contribution >= 0.6 is 22.6 Å². The van der Waals surface area contributed by atoms with E-state index < -0.39 is 12.1 Å². The lowest BCUT2D eigenvalue weighted by molar-refractivity contribution is -0.274. The molecule has 0 aliphatic rings. The van der Waals surface area contributed by atoms with Crippen LogP contribution in [-0.2, 0) is 0 Å². The van der Waals surface area contributed by atoms with Gasteiger partial charge in [0.05, 0.1) is 9.26 Å². The van der Waals surface area contributed by atoms with Crippen LogP contribution in [0.5, 0.6) is 5.75 Å². The maximum Gasteiger partial charge on any atom is 0.573 e. The molecule has 0 saturated carbocycles. The maximum atomic E-state index is 12.4. The van der Waals surface area contributed by atoms with Crippen LogP contribution in [0.25, 0.3) is 11.3 Å². The second kappa shape index (κ2) is 5.84. The highest BCUT2D eigenvalue weighted by atomic mass is 127. The first-order valence-corrected chi connectivity index (χ1v) is 6.68. The van der Waals surface area contributed by atoms with E-state index in [9.17, 15) is 13.2 Å². The van der Waals surface area contributed by atoms with Crippen molar-refractivity contribution < 1.29 is 17.9 Å². The van der Waals surface area contributed by atoms with Crippen molar-refractivity contribution >= 4 is 34.4 Å². The Morgan fingerprint density at radius 2 is 1.91 bits per heavy atom. The van der Waals surface area contributed by atoms with Crippen molar-refractivity contribution in [3.63, 3.8) is 0 Å². The molecule has 0 radical (unpaired) electrons. The average molecular weight is 421 g/mol. The summed E-state index contributed by atoms with van der Waals surface area (Å²) in [7, 11) is 0. The number of nitriles is 1. The summed E-state index contributed by atoms with van der Waals surface area (Å²) in [6.45, 7) is 0. The summed E-state index contributed by atoms with van der Waals surface area (Å²) in [5.74, 6) is -0.754. The number of hydrogen-bond acceptors (Lipinski definition) is 6. The van der Waals surface area contributed by atoms with Gasteiger partial charge in [0.2, 0.25) is 5.95 Å². The Labute approximate surface area is 136 Å². The molecule has 0 aliphatic heterocycles. The van der Waals surface area contributed by atoms with Gasteiger partial charge in [-0.15, -0.1) is 13.2 Å². The maximum absolute atomic E-state index is 12.4. The topological polar surface area (TPSA) is 111 Å². The summed E-state index contributed by atoms with van der Waals surface area (Å²) in [6, 6.07) is 5.78. The van der Waals surface area contributed by atoms with Gasteiger partial charge in [0.15, 0.2) is 0 Å². The van der Waals surface area contributed by atoms with Gasteiger partial charge in [-0.05, 0) is 34.7 Å². The van der Waals surface area contributed by atoms with E-state index in [-0.39, 0.29) is 32.2 Å². The summed E-state index contributed by atoms with van der Waals surface area (Å²) in [5.41, 5.74) is 11.2. The molecular weight excluding hydrogens is 414 g/mol. The average Bonchev–Trinajstić information content (AvgIpc) is 2.39. The SMILES string of the molecule is N#Cc1c(N)nc(N)nc1-c1ccc(I)c(OC(F)(F)F)c1. The number of nitrogens with two attached hydrogens (primary N) is 2. The molecule has 0 saturated heterocycles. The number of anilines is 2. The van der Waals surface area contributed by atoms with Gasteiger partial charge in [0.1, 0.15) is 23.2 Å². The first-order chi connectivity index (χ1) is 10.2. The molecule has 0 aliphatic carbocycles. The van der Waals surface area contributed by atoms with Gasteiger partial charge < -0.3 is 16.2 Å². The zero-order valence-electron chi connectivity index (χ0n) is 10.6. The number of nitrogen functional groups attached to an aromatic ring is 2. The second-order valence-corrected chi connectivity index (χ2v) is 5.16. The van der Waals surface area contributed by atoms with Gasteiger partial charge >= 0.3 is 6.36 Å². The minimum Gasteiger partial charge on any atom is -0.405 e. The Morgan fingerprint density at radius 1 is 1.23 bits per heavy atom. The molecule has 1 heterocycles. The number of benzene rings is 1. The van der Waals surface area contributed by atoms with Gasteiger partial charge in [-0.2, -0.15) is 10.2 Å². The van der Waals surface area contributed by atoms with Crippen LogP contribution in [0.1, 0.15) is 5.56 Å². The van der Waals surface area contributed by atoms with Gasteiger partial charge in [0.25, 0.3) is 0 Å². The number of halogens is 4. The molecule has 1 aromatic heterocycles. The first-order valence-electron chi connectivity index (χ1n) is 5.60. The van der Waals surface area contributed by atoms with Crippen molar-refractivity contribution in [3.05, 3.63) is 27.3 Å². The molecule has 2 aromatic rings. The molecule has 1 aromatic carbocycles. The Kier molecular flexibility index (Phi) is 4.27. The molecule has 6 nitrogen and oxygen atoms in total. The number of alkyl halides is 3. The molecule has 2 rings (SSSR count). The molecular formula is C12H7F3IN5O. The third-order valence-electron chi connectivity index (χ3n) is 2.50. The van der Waals surface area contributed by atoms with Crippen LogP contribution in [0.3, 0.4) is 0 Å². The van der Waals surface area contributed by atoms with Crippen LogP contribution in [-0.4, -0.2) is 16.3 Å². The van der Waals surface area contributed by atoms with Crippen LogP contribution in [0.4, 0.5) is 24.9 Å². The van der Waals surface area contributed by atoms with Gasteiger partial charge in [-0.3, -0.25) is 0 Å². The van der Waals surface area contributed by atoms with Gasteiger partial charge in [0, 0.05) is 5.56 Å². The molecule has 10 heteroatoms. The van der Waals surface area contributed by atoms with E-state index in [0.29, 0.717) is 0 Å². The van der Waals surface area contributed by atoms with Gasteiger partial charge in [-0.25, -0.2) is 4.98 Å². The minimum atomic E-state index is -4.83. The lowest BCUT2D eigenvalue weighted by atomic mass is 10.1. The Hall–Kier alpha value is -2.29. The smallest absolute Gasteiger partial charge is 0.405 e. The summed E-state index contributed by atoms with van der Waals surface area (Å²) in [6.07, 6.45) is -4.83. The number of nitrogens with zero attached hydrogens (tertiary/aromatic N) is 3. The van der Waals surface area contributed by atoms with E-state index in [1.807, 2.05) is 0 Å². The Bertz CT molecular complexity index is 773. The molecule has 0 unspecified atom stereocenters. The van der Waals surface area contributed by atoms with Crippen molar-refractivity contribution in [2.75, 3.05) is 11.5 Å². The van der Waals surface area contributed by atoms with E-state index in [4.69, 9.17) is 16.7 Å². The van der Waals surface area contributed by atoms with E-state index in [1.165, 1.54) is 12.1 Å². The van der Waals surface area contributed by atoms with Crippen molar-refractivity contribution in [1.29, 1.82) is 5.26 Å². The fourth-order valence-corrected chi connectivity index (χ4v) is 2.11. The predicted octanol–water partition coefficient (Wildman–Crippen LogP) is 2.68. The van der Waals surface area contributed by atoms with Crippen molar-refractivity contribution in [2.24, 2.45) is 0 Å². The summed E-state index contributed by atoms with van der Waals surface area (Å²) in [4.78, 5) is 7.51. The second-order valence-electron chi connectivity index (χ2n) is 4.00. The zero-order chi connectivity index (χ0) is 16.5. The van der Waals surface area contributed by atoms with Gasteiger partial charge in [-0.1, -0.05) is 6.07 Å². The highest BCUT2D eigenvalue weighted by Crippen LogP contribution is 2.33.